The second-order valence-corrected chi connectivity index (χ2v) is 5.92. The number of aliphatic carboxylic acids is 2. The number of hydrogen-bond donors (Lipinski definition) is 2. The summed E-state index contributed by atoms with van der Waals surface area (Å²) >= 11 is 0. The van der Waals surface area contributed by atoms with Gasteiger partial charge in [-0.3, -0.25) is 9.69 Å². The molecule has 1 aliphatic rings. The molecule has 0 saturated carbocycles. The van der Waals surface area contributed by atoms with Crippen molar-refractivity contribution in [2.75, 3.05) is 0 Å². The topological polar surface area (TPSA) is 104 Å². The zero-order chi connectivity index (χ0) is 15.5. The molecule has 1 fully saturated rings. The molecule has 2 atom stereocenters. The quantitative estimate of drug-likeness (QED) is 0.818. The van der Waals surface area contributed by atoms with Crippen LogP contribution in [0.15, 0.2) is 0 Å². The number of rotatable bonds is 3. The van der Waals surface area contributed by atoms with Crippen molar-refractivity contribution in [1.29, 1.82) is 0 Å². The van der Waals surface area contributed by atoms with Gasteiger partial charge in [0.05, 0.1) is 6.42 Å². The van der Waals surface area contributed by atoms with E-state index in [0.717, 1.165) is 4.90 Å². The highest BCUT2D eigenvalue weighted by Crippen LogP contribution is 2.27. The van der Waals surface area contributed by atoms with E-state index in [1.807, 2.05) is 0 Å². The van der Waals surface area contributed by atoms with Crippen LogP contribution < -0.4 is 0 Å². The Morgan fingerprint density at radius 3 is 2.25 bits per heavy atom. The molecule has 1 aliphatic heterocycles. The third-order valence-electron chi connectivity index (χ3n) is 3.04. The van der Waals surface area contributed by atoms with Gasteiger partial charge in [0.25, 0.3) is 0 Å². The highest BCUT2D eigenvalue weighted by atomic mass is 16.6. The number of carboxylic acids is 2. The van der Waals surface area contributed by atoms with Crippen LogP contribution in [0.2, 0.25) is 0 Å². The van der Waals surface area contributed by atoms with Crippen LogP contribution in [0, 0.1) is 0 Å². The van der Waals surface area contributed by atoms with Gasteiger partial charge in [-0.1, -0.05) is 0 Å². The summed E-state index contributed by atoms with van der Waals surface area (Å²) < 4.78 is 5.20. The first-order valence-corrected chi connectivity index (χ1v) is 6.57. The minimum atomic E-state index is -1.13. The minimum absolute atomic E-state index is 0.275. The van der Waals surface area contributed by atoms with Gasteiger partial charge < -0.3 is 14.9 Å². The van der Waals surface area contributed by atoms with Crippen molar-refractivity contribution in [2.45, 2.75) is 64.1 Å². The average molecular weight is 287 g/mol. The van der Waals surface area contributed by atoms with E-state index < -0.39 is 35.7 Å². The van der Waals surface area contributed by atoms with Crippen LogP contribution in [0.5, 0.6) is 0 Å². The monoisotopic (exact) mass is 287 g/mol. The zero-order valence-corrected chi connectivity index (χ0v) is 12.0. The van der Waals surface area contributed by atoms with Gasteiger partial charge in [-0.2, -0.15) is 0 Å². The van der Waals surface area contributed by atoms with Gasteiger partial charge in [-0.25, -0.2) is 9.59 Å². The summed E-state index contributed by atoms with van der Waals surface area (Å²) in [6.45, 7) is 5.03. The van der Waals surface area contributed by atoms with Gasteiger partial charge in [0, 0.05) is 6.04 Å². The number of carbonyl (C=O) groups is 3. The lowest BCUT2D eigenvalue weighted by Gasteiger charge is -2.40. The van der Waals surface area contributed by atoms with E-state index in [0.29, 0.717) is 19.3 Å². The van der Waals surface area contributed by atoms with Crippen molar-refractivity contribution in [3.8, 4) is 0 Å². The minimum Gasteiger partial charge on any atom is -0.481 e. The van der Waals surface area contributed by atoms with E-state index in [9.17, 15) is 19.5 Å². The molecule has 7 nitrogen and oxygen atoms in total. The maximum atomic E-state index is 12.2. The Morgan fingerprint density at radius 1 is 1.20 bits per heavy atom. The number of likely N-dealkylation sites (tertiary alicyclic amines) is 1. The second-order valence-electron chi connectivity index (χ2n) is 5.92. The smallest absolute Gasteiger partial charge is 0.411 e. The molecule has 1 heterocycles. The Hall–Kier alpha value is -1.79. The van der Waals surface area contributed by atoms with Crippen LogP contribution >= 0.6 is 0 Å². The van der Waals surface area contributed by atoms with Gasteiger partial charge >= 0.3 is 18.0 Å². The highest BCUT2D eigenvalue weighted by Gasteiger charge is 2.41. The summed E-state index contributed by atoms with van der Waals surface area (Å²) in [4.78, 5) is 35.4. The van der Waals surface area contributed by atoms with Crippen molar-refractivity contribution in [2.24, 2.45) is 0 Å². The molecule has 0 aromatic rings. The molecule has 0 aromatic carbocycles. The molecule has 0 bridgehead atoms. The van der Waals surface area contributed by atoms with Crippen LogP contribution in [0.1, 0.15) is 46.5 Å². The molecular formula is C13H21NO6. The maximum Gasteiger partial charge on any atom is 0.411 e. The average Bonchev–Trinajstić information content (AvgIpc) is 2.25. The molecule has 0 aliphatic carbocycles. The van der Waals surface area contributed by atoms with Crippen molar-refractivity contribution < 1.29 is 29.3 Å². The Morgan fingerprint density at radius 2 is 1.80 bits per heavy atom. The fourth-order valence-corrected chi connectivity index (χ4v) is 2.31. The predicted octanol–water partition coefficient (Wildman–Crippen LogP) is 1.70. The number of hydrogen-bond acceptors (Lipinski definition) is 4. The first kappa shape index (κ1) is 16.3. The second kappa shape index (κ2) is 6.11. The van der Waals surface area contributed by atoms with E-state index in [1.165, 1.54) is 0 Å². The van der Waals surface area contributed by atoms with Crippen molar-refractivity contribution in [1.82, 2.24) is 4.90 Å². The summed E-state index contributed by atoms with van der Waals surface area (Å²) in [7, 11) is 0. The Labute approximate surface area is 117 Å². The van der Waals surface area contributed by atoms with E-state index in [1.54, 1.807) is 20.8 Å². The fraction of sp³-hybridized carbons (Fsp3) is 0.769. The number of amides is 1. The van der Waals surface area contributed by atoms with E-state index in [-0.39, 0.29) is 6.42 Å². The molecular weight excluding hydrogens is 266 g/mol. The lowest BCUT2D eigenvalue weighted by atomic mass is 9.94. The van der Waals surface area contributed by atoms with E-state index in [2.05, 4.69) is 0 Å². The van der Waals surface area contributed by atoms with Crippen LogP contribution in [-0.4, -0.2) is 50.8 Å². The number of carboxylic acid groups (broad SMARTS) is 2. The third-order valence-corrected chi connectivity index (χ3v) is 3.04. The molecule has 114 valence electrons. The van der Waals surface area contributed by atoms with Crippen LogP contribution in [0.25, 0.3) is 0 Å². The normalized spacial score (nSPS) is 23.2. The number of nitrogens with zero attached hydrogens (tertiary/aromatic N) is 1. The summed E-state index contributed by atoms with van der Waals surface area (Å²) in [5, 5.41) is 18.1. The summed E-state index contributed by atoms with van der Waals surface area (Å²) in [6.07, 6.45) is 0.313. The first-order chi connectivity index (χ1) is 9.11. The molecule has 0 radical (unpaired) electrons. The third kappa shape index (κ3) is 4.40. The largest absolute Gasteiger partial charge is 0.481 e. The molecule has 0 unspecified atom stereocenters. The fourth-order valence-electron chi connectivity index (χ4n) is 2.31. The molecule has 2 N–H and O–H groups in total. The summed E-state index contributed by atoms with van der Waals surface area (Å²) in [5.74, 6) is -2.19. The lowest BCUT2D eigenvalue weighted by molar-refractivity contribution is -0.148. The zero-order valence-electron chi connectivity index (χ0n) is 12.0. The summed E-state index contributed by atoms with van der Waals surface area (Å²) in [6, 6.07) is -1.67. The molecule has 0 aromatic heterocycles. The molecule has 1 rings (SSSR count). The SMILES string of the molecule is CC(C)(C)OC(=O)N1[C@@H](CC(=O)O)CCC[C@H]1C(=O)O. The molecule has 0 spiro atoms. The predicted molar refractivity (Wildman–Crippen MR) is 69.4 cm³/mol. The molecule has 20 heavy (non-hydrogen) atoms. The molecule has 1 amide bonds. The summed E-state index contributed by atoms with van der Waals surface area (Å²) in [5.41, 5.74) is -0.759. The van der Waals surface area contributed by atoms with Gasteiger partial charge in [-0.15, -0.1) is 0 Å². The van der Waals surface area contributed by atoms with Crippen LogP contribution in [0.3, 0.4) is 0 Å². The van der Waals surface area contributed by atoms with Gasteiger partial charge in [0.15, 0.2) is 0 Å². The Kier molecular flexibility index (Phi) is 4.97. The lowest BCUT2D eigenvalue weighted by Crippen LogP contribution is -2.55. The van der Waals surface area contributed by atoms with E-state index in [4.69, 9.17) is 9.84 Å². The molecule has 1 saturated heterocycles. The van der Waals surface area contributed by atoms with E-state index >= 15 is 0 Å². The van der Waals surface area contributed by atoms with Crippen LogP contribution in [0.4, 0.5) is 4.79 Å². The Balaban J connectivity index is 2.96. The van der Waals surface area contributed by atoms with Crippen molar-refractivity contribution >= 4 is 18.0 Å². The molecule has 7 heteroatoms. The van der Waals surface area contributed by atoms with Crippen molar-refractivity contribution in [3.63, 3.8) is 0 Å². The Bertz CT molecular complexity index is 400. The van der Waals surface area contributed by atoms with Gasteiger partial charge in [-0.05, 0) is 40.0 Å². The van der Waals surface area contributed by atoms with Gasteiger partial charge in [0.2, 0.25) is 0 Å². The van der Waals surface area contributed by atoms with Crippen molar-refractivity contribution in [3.05, 3.63) is 0 Å². The first-order valence-electron chi connectivity index (χ1n) is 6.57. The highest BCUT2D eigenvalue weighted by molar-refractivity contribution is 5.81. The van der Waals surface area contributed by atoms with Gasteiger partial charge in [0.1, 0.15) is 11.6 Å². The number of piperidine rings is 1. The standard InChI is InChI=1S/C13H21NO6/c1-13(2,3)20-12(19)14-8(7-10(15)16)5-4-6-9(14)11(17)18/h8-9H,4-7H2,1-3H3,(H,15,16)(H,17,18)/t8-,9+/m1/s1. The number of carbonyl (C=O) groups excluding carboxylic acids is 1. The van der Waals surface area contributed by atoms with Crippen LogP contribution in [-0.2, 0) is 14.3 Å². The maximum absolute atomic E-state index is 12.2. The number of ether oxygens (including phenoxy) is 1.